The molecule has 1 unspecified atom stereocenters. The second-order valence-electron chi connectivity index (χ2n) is 5.47. The van der Waals surface area contributed by atoms with Gasteiger partial charge in [-0.2, -0.15) is 13.2 Å². The van der Waals surface area contributed by atoms with Crippen LogP contribution < -0.4 is 0 Å². The lowest BCUT2D eigenvalue weighted by Gasteiger charge is -2.31. The molecule has 0 aliphatic rings. The molecule has 134 valence electrons. The highest BCUT2D eigenvalue weighted by molar-refractivity contribution is 5.86. The lowest BCUT2D eigenvalue weighted by molar-refractivity contribution is -0.165. The van der Waals surface area contributed by atoms with Crippen molar-refractivity contribution in [2.24, 2.45) is 0 Å². The lowest BCUT2D eigenvalue weighted by atomic mass is 9.85. The molecule has 0 N–H and O–H groups in total. The molecule has 2 aromatic rings. The van der Waals surface area contributed by atoms with Crippen molar-refractivity contribution in [1.82, 2.24) is 0 Å². The zero-order valence-electron chi connectivity index (χ0n) is 14.0. The molecule has 0 saturated carbocycles. The predicted molar refractivity (Wildman–Crippen MR) is 86.9 cm³/mol. The molecular formula is C19H19F3O3. The fraction of sp³-hybridized carbons (Fsp3) is 0.316. The summed E-state index contributed by atoms with van der Waals surface area (Å²) in [5.41, 5.74) is -2.15. The Kier molecular flexibility index (Phi) is 5.85. The van der Waals surface area contributed by atoms with Crippen LogP contribution in [-0.4, -0.2) is 19.7 Å². The average molecular weight is 352 g/mol. The summed E-state index contributed by atoms with van der Waals surface area (Å²) < 4.78 is 50.1. The number of methoxy groups -OCH3 is 1. The minimum absolute atomic E-state index is 0.0668. The van der Waals surface area contributed by atoms with Gasteiger partial charge in [-0.1, -0.05) is 49.4 Å². The van der Waals surface area contributed by atoms with E-state index in [2.05, 4.69) is 0 Å². The summed E-state index contributed by atoms with van der Waals surface area (Å²) in [4.78, 5) is 12.8. The molecular weight excluding hydrogens is 333 g/mol. The van der Waals surface area contributed by atoms with Crippen LogP contribution in [0.25, 0.3) is 0 Å². The summed E-state index contributed by atoms with van der Waals surface area (Å²) in [5, 5.41) is 0. The number of ether oxygens (including phenoxy) is 2. The largest absolute Gasteiger partial charge is 0.463 e. The van der Waals surface area contributed by atoms with E-state index >= 15 is 0 Å². The molecule has 25 heavy (non-hydrogen) atoms. The fourth-order valence-electron chi connectivity index (χ4n) is 2.61. The van der Waals surface area contributed by atoms with Crippen LogP contribution in [0.5, 0.6) is 0 Å². The van der Waals surface area contributed by atoms with Crippen LogP contribution in [0.4, 0.5) is 13.2 Å². The summed E-state index contributed by atoms with van der Waals surface area (Å²) in [6.07, 6.45) is -3.94. The van der Waals surface area contributed by atoms with Crippen LogP contribution in [0.15, 0.2) is 54.6 Å². The summed E-state index contributed by atoms with van der Waals surface area (Å²) in [5.74, 6) is -0.748. The van der Waals surface area contributed by atoms with Gasteiger partial charge in [-0.3, -0.25) is 0 Å². The minimum Gasteiger partial charge on any atom is -0.463 e. The molecule has 0 fully saturated rings. The van der Waals surface area contributed by atoms with Crippen molar-refractivity contribution < 1.29 is 27.4 Å². The van der Waals surface area contributed by atoms with Gasteiger partial charge in [-0.05, 0) is 24.1 Å². The minimum atomic E-state index is -4.53. The van der Waals surface area contributed by atoms with E-state index in [0.717, 1.165) is 12.1 Å². The van der Waals surface area contributed by atoms with Gasteiger partial charge in [0.1, 0.15) is 0 Å². The monoisotopic (exact) mass is 352 g/mol. The molecule has 0 saturated heterocycles. The van der Waals surface area contributed by atoms with Gasteiger partial charge in [-0.15, -0.1) is 0 Å². The van der Waals surface area contributed by atoms with Crippen molar-refractivity contribution in [2.75, 3.05) is 13.7 Å². The topological polar surface area (TPSA) is 35.5 Å². The Morgan fingerprint density at radius 3 is 2.12 bits per heavy atom. The van der Waals surface area contributed by atoms with E-state index in [-0.39, 0.29) is 12.2 Å². The number of halogens is 3. The summed E-state index contributed by atoms with van der Waals surface area (Å²) in [6.45, 7) is 1.98. The zero-order valence-corrected chi connectivity index (χ0v) is 14.0. The Balaban J connectivity index is 2.65. The van der Waals surface area contributed by atoms with E-state index in [0.29, 0.717) is 12.0 Å². The highest BCUT2D eigenvalue weighted by atomic mass is 19.4. The molecule has 2 aromatic carbocycles. The van der Waals surface area contributed by atoms with Crippen molar-refractivity contribution in [3.8, 4) is 0 Å². The highest BCUT2D eigenvalue weighted by Gasteiger charge is 2.45. The van der Waals surface area contributed by atoms with Crippen molar-refractivity contribution >= 4 is 5.97 Å². The Hall–Kier alpha value is -2.34. The molecule has 0 aromatic heterocycles. The Morgan fingerprint density at radius 2 is 1.56 bits per heavy atom. The number of alkyl halides is 3. The number of hydrogen-bond acceptors (Lipinski definition) is 3. The fourth-order valence-corrected chi connectivity index (χ4v) is 2.61. The molecule has 0 aliphatic carbocycles. The van der Waals surface area contributed by atoms with Crippen molar-refractivity contribution in [2.45, 2.75) is 25.1 Å². The number of carbonyl (C=O) groups excluding carboxylic acids is 1. The summed E-state index contributed by atoms with van der Waals surface area (Å²) >= 11 is 0. The number of benzene rings is 2. The SMILES string of the molecule is CCCOC(=O)C(OC)(c1ccccc1)c1cccc(C(F)(F)F)c1. The first-order chi connectivity index (χ1) is 11.9. The molecule has 0 amide bonds. The van der Waals surface area contributed by atoms with E-state index in [1.165, 1.54) is 19.2 Å². The number of rotatable bonds is 6. The van der Waals surface area contributed by atoms with E-state index in [1.54, 1.807) is 30.3 Å². The molecule has 0 aliphatic heterocycles. The van der Waals surface area contributed by atoms with Crippen LogP contribution in [0.3, 0.4) is 0 Å². The zero-order chi connectivity index (χ0) is 18.5. The van der Waals surface area contributed by atoms with Crippen LogP contribution in [0.1, 0.15) is 30.0 Å². The molecule has 0 radical (unpaired) electrons. The number of carbonyl (C=O) groups is 1. The first-order valence-electron chi connectivity index (χ1n) is 7.82. The standard InChI is InChI=1S/C19H19F3O3/c1-3-12-25-17(23)18(24-2,14-8-5-4-6-9-14)15-10-7-11-16(13-15)19(20,21)22/h4-11,13H,3,12H2,1-2H3. The van der Waals surface area contributed by atoms with E-state index in [4.69, 9.17) is 9.47 Å². The molecule has 1 atom stereocenters. The van der Waals surface area contributed by atoms with E-state index in [9.17, 15) is 18.0 Å². The predicted octanol–water partition coefficient (Wildman–Crippen LogP) is 4.55. The molecule has 6 heteroatoms. The van der Waals surface area contributed by atoms with Gasteiger partial charge in [0.05, 0.1) is 12.2 Å². The normalized spacial score (nSPS) is 14.0. The highest BCUT2D eigenvalue weighted by Crippen LogP contribution is 2.38. The van der Waals surface area contributed by atoms with Crippen LogP contribution >= 0.6 is 0 Å². The van der Waals surface area contributed by atoms with Gasteiger partial charge in [0.25, 0.3) is 0 Å². The Labute approximate surface area is 144 Å². The first-order valence-corrected chi connectivity index (χ1v) is 7.82. The van der Waals surface area contributed by atoms with Crippen molar-refractivity contribution in [3.05, 3.63) is 71.3 Å². The third-order valence-electron chi connectivity index (χ3n) is 3.81. The maximum Gasteiger partial charge on any atom is 0.416 e. The van der Waals surface area contributed by atoms with Gasteiger partial charge in [0.2, 0.25) is 5.60 Å². The molecule has 0 bridgehead atoms. The average Bonchev–Trinajstić information content (AvgIpc) is 2.61. The molecule has 0 heterocycles. The smallest absolute Gasteiger partial charge is 0.416 e. The third kappa shape index (κ3) is 3.85. The maximum absolute atomic E-state index is 13.1. The van der Waals surface area contributed by atoms with Gasteiger partial charge in [0, 0.05) is 12.7 Å². The summed E-state index contributed by atoms with van der Waals surface area (Å²) in [7, 11) is 1.28. The van der Waals surface area contributed by atoms with Crippen LogP contribution in [0.2, 0.25) is 0 Å². The first kappa shape index (κ1) is 19.0. The van der Waals surface area contributed by atoms with Crippen LogP contribution in [-0.2, 0) is 26.0 Å². The van der Waals surface area contributed by atoms with Crippen LogP contribution in [0, 0.1) is 0 Å². The maximum atomic E-state index is 13.1. The van der Waals surface area contributed by atoms with Gasteiger partial charge < -0.3 is 9.47 Å². The Morgan fingerprint density at radius 1 is 0.960 bits per heavy atom. The second-order valence-corrected chi connectivity index (χ2v) is 5.47. The molecule has 3 nitrogen and oxygen atoms in total. The van der Waals surface area contributed by atoms with Gasteiger partial charge in [-0.25, -0.2) is 4.79 Å². The van der Waals surface area contributed by atoms with Crippen molar-refractivity contribution in [1.29, 1.82) is 0 Å². The quantitative estimate of drug-likeness (QED) is 0.716. The second kappa shape index (κ2) is 7.70. The third-order valence-corrected chi connectivity index (χ3v) is 3.81. The summed E-state index contributed by atoms with van der Waals surface area (Å²) in [6, 6.07) is 12.9. The molecule has 0 spiro atoms. The van der Waals surface area contributed by atoms with E-state index in [1.807, 2.05) is 6.92 Å². The van der Waals surface area contributed by atoms with E-state index < -0.39 is 23.3 Å². The van der Waals surface area contributed by atoms with Gasteiger partial charge >= 0.3 is 12.1 Å². The number of esters is 1. The molecule has 2 rings (SSSR count). The number of hydrogen-bond donors (Lipinski definition) is 0. The Bertz CT molecular complexity index is 713. The van der Waals surface area contributed by atoms with Gasteiger partial charge in [0.15, 0.2) is 0 Å². The lowest BCUT2D eigenvalue weighted by Crippen LogP contribution is -2.41. The van der Waals surface area contributed by atoms with Crippen molar-refractivity contribution in [3.63, 3.8) is 0 Å².